The van der Waals surface area contributed by atoms with Crippen LogP contribution in [0.15, 0.2) is 32.3 Å². The van der Waals surface area contributed by atoms with Crippen molar-refractivity contribution < 1.29 is 23.1 Å². The largest absolute Gasteiger partial charge is 0.448 e. The highest BCUT2D eigenvalue weighted by molar-refractivity contribution is 9.10. The molecule has 1 aromatic carbocycles. The summed E-state index contributed by atoms with van der Waals surface area (Å²) in [4.78, 5) is 49.1. The molecule has 1 aromatic heterocycles. The van der Waals surface area contributed by atoms with Gasteiger partial charge in [0.25, 0.3) is 5.56 Å². The Hall–Kier alpha value is -2.62. The van der Waals surface area contributed by atoms with E-state index in [9.17, 15) is 28.0 Å². The molecule has 7 nitrogen and oxygen atoms in total. The van der Waals surface area contributed by atoms with E-state index in [1.165, 1.54) is 27.8 Å². The van der Waals surface area contributed by atoms with Crippen LogP contribution in [0.5, 0.6) is 0 Å². The minimum Gasteiger partial charge on any atom is -0.448 e. The molecule has 0 aliphatic carbocycles. The lowest BCUT2D eigenvalue weighted by molar-refractivity contribution is -0.132. The lowest BCUT2D eigenvalue weighted by atomic mass is 10.1. The summed E-state index contributed by atoms with van der Waals surface area (Å²) >= 11 is 3.04. The average molecular weight is 473 g/mol. The second-order valence-electron chi connectivity index (χ2n) is 6.94. The van der Waals surface area contributed by atoms with Gasteiger partial charge in [-0.15, -0.1) is 0 Å². The van der Waals surface area contributed by atoms with Gasteiger partial charge in [-0.3, -0.25) is 14.2 Å². The summed E-state index contributed by atoms with van der Waals surface area (Å²) in [6.45, 7) is 5.18. The third-order valence-electron chi connectivity index (χ3n) is 4.46. The Kier molecular flexibility index (Phi) is 6.27. The zero-order chi connectivity index (χ0) is 22.3. The number of carbonyl (C=O) groups excluding carboxylic acids is 2. The molecule has 29 heavy (non-hydrogen) atoms. The molecule has 2 aromatic rings. The standard InChI is InChI=1S/C19H19BrF2N2O5/c1-9(21)14-8-16(26)24(18(28)23(14)5)15-6-11(12(20)7-13(15)22)17(27)29-19(3,4)10(2)25/h6-9H,1-5H3. The number of ketones is 1. The van der Waals surface area contributed by atoms with Gasteiger partial charge in [0.05, 0.1) is 16.9 Å². The molecule has 1 heterocycles. The van der Waals surface area contributed by atoms with Crippen molar-refractivity contribution in [2.24, 2.45) is 7.05 Å². The first-order chi connectivity index (χ1) is 13.3. The fraction of sp³-hybridized carbons (Fsp3) is 0.368. The molecule has 0 saturated carbocycles. The van der Waals surface area contributed by atoms with Gasteiger partial charge in [-0.1, -0.05) is 0 Å². The molecule has 10 heteroatoms. The molecular formula is C19H19BrF2N2O5. The molecule has 0 aliphatic rings. The summed E-state index contributed by atoms with van der Waals surface area (Å²) in [5.74, 6) is -2.35. The molecule has 0 radical (unpaired) electrons. The summed E-state index contributed by atoms with van der Waals surface area (Å²) in [6.07, 6.45) is -1.59. The first kappa shape index (κ1) is 22.7. The van der Waals surface area contributed by atoms with Gasteiger partial charge in [0.1, 0.15) is 12.0 Å². The minimum atomic E-state index is -1.59. The zero-order valence-corrected chi connectivity index (χ0v) is 18.0. The third-order valence-corrected chi connectivity index (χ3v) is 5.11. The van der Waals surface area contributed by atoms with E-state index in [1.54, 1.807) is 0 Å². The molecule has 1 unspecified atom stereocenters. The number of benzene rings is 1. The Bertz CT molecular complexity index is 1120. The lowest BCUT2D eigenvalue weighted by Gasteiger charge is -2.22. The fourth-order valence-corrected chi connectivity index (χ4v) is 2.95. The van der Waals surface area contributed by atoms with Crippen molar-refractivity contribution >= 4 is 27.7 Å². The number of nitrogens with zero attached hydrogens (tertiary/aromatic N) is 2. The minimum absolute atomic E-state index is 0.00183. The van der Waals surface area contributed by atoms with Gasteiger partial charge in [-0.05, 0) is 55.8 Å². The number of rotatable bonds is 5. The second kappa shape index (κ2) is 8.02. The maximum atomic E-state index is 14.6. The van der Waals surface area contributed by atoms with Crippen LogP contribution in [0.2, 0.25) is 0 Å². The Labute approximate surface area is 173 Å². The number of carbonyl (C=O) groups is 2. The van der Waals surface area contributed by atoms with E-state index in [4.69, 9.17) is 4.74 Å². The van der Waals surface area contributed by atoms with Gasteiger partial charge >= 0.3 is 11.7 Å². The van der Waals surface area contributed by atoms with Crippen molar-refractivity contribution in [3.05, 3.63) is 60.6 Å². The van der Waals surface area contributed by atoms with E-state index in [-0.39, 0.29) is 15.7 Å². The molecule has 1 atom stereocenters. The number of alkyl halides is 1. The van der Waals surface area contributed by atoms with Crippen LogP contribution in [0.25, 0.3) is 5.69 Å². The number of hydrogen-bond donors (Lipinski definition) is 0. The van der Waals surface area contributed by atoms with Crippen LogP contribution in [-0.4, -0.2) is 26.5 Å². The predicted octanol–water partition coefficient (Wildman–Crippen LogP) is 2.99. The van der Waals surface area contributed by atoms with E-state index in [1.807, 2.05) is 0 Å². The van der Waals surface area contributed by atoms with Crippen LogP contribution in [0.3, 0.4) is 0 Å². The highest BCUT2D eigenvalue weighted by Gasteiger charge is 2.30. The van der Waals surface area contributed by atoms with Gasteiger partial charge in [0.2, 0.25) is 0 Å². The first-order valence-electron chi connectivity index (χ1n) is 8.48. The molecular weight excluding hydrogens is 454 g/mol. The molecule has 156 valence electrons. The number of halogens is 3. The molecule has 0 amide bonds. The summed E-state index contributed by atoms with van der Waals surface area (Å²) in [5, 5.41) is 0. The maximum absolute atomic E-state index is 14.6. The predicted molar refractivity (Wildman–Crippen MR) is 105 cm³/mol. The summed E-state index contributed by atoms with van der Waals surface area (Å²) in [5.41, 5.74) is -4.26. The fourth-order valence-electron chi connectivity index (χ4n) is 2.47. The SMILES string of the molecule is CC(=O)C(C)(C)OC(=O)c1cc(-n2c(=O)cc(C(C)F)n(C)c2=O)c(F)cc1Br. The normalized spacial score (nSPS) is 12.6. The first-order valence-corrected chi connectivity index (χ1v) is 9.28. The quantitative estimate of drug-likeness (QED) is 0.624. The molecule has 0 spiro atoms. The van der Waals surface area contributed by atoms with Crippen molar-refractivity contribution in [2.45, 2.75) is 39.5 Å². The van der Waals surface area contributed by atoms with Crippen molar-refractivity contribution in [3.63, 3.8) is 0 Å². The van der Waals surface area contributed by atoms with Gasteiger partial charge in [-0.2, -0.15) is 0 Å². The summed E-state index contributed by atoms with van der Waals surface area (Å²) in [7, 11) is 1.24. The molecule has 0 saturated heterocycles. The zero-order valence-electron chi connectivity index (χ0n) is 16.4. The van der Waals surface area contributed by atoms with Crippen LogP contribution in [0.4, 0.5) is 8.78 Å². The van der Waals surface area contributed by atoms with Crippen molar-refractivity contribution in [3.8, 4) is 5.69 Å². The molecule has 0 N–H and O–H groups in total. The van der Waals surface area contributed by atoms with Gasteiger partial charge in [0, 0.05) is 17.6 Å². The van der Waals surface area contributed by atoms with E-state index in [0.717, 1.165) is 29.7 Å². The number of Topliss-reactive ketones (excluding diaryl/α,β-unsaturated/α-hetero) is 1. The Morgan fingerprint density at radius 1 is 1.21 bits per heavy atom. The topological polar surface area (TPSA) is 87.4 Å². The van der Waals surface area contributed by atoms with E-state index in [0.29, 0.717) is 4.57 Å². The number of esters is 1. The summed E-state index contributed by atoms with van der Waals surface area (Å²) < 4.78 is 34.8. The average Bonchev–Trinajstić information content (AvgIpc) is 2.58. The Balaban J connectivity index is 2.69. The van der Waals surface area contributed by atoms with Crippen molar-refractivity contribution in [1.82, 2.24) is 9.13 Å². The maximum Gasteiger partial charge on any atom is 0.340 e. The van der Waals surface area contributed by atoms with E-state index >= 15 is 0 Å². The van der Waals surface area contributed by atoms with Crippen molar-refractivity contribution in [1.29, 1.82) is 0 Å². The third kappa shape index (κ3) is 4.36. The Morgan fingerprint density at radius 3 is 2.31 bits per heavy atom. The van der Waals surface area contributed by atoms with Crippen LogP contribution >= 0.6 is 15.9 Å². The highest BCUT2D eigenvalue weighted by atomic mass is 79.9. The van der Waals surface area contributed by atoms with Crippen molar-refractivity contribution in [2.75, 3.05) is 0 Å². The number of aromatic nitrogens is 2. The number of ether oxygens (including phenoxy) is 1. The summed E-state index contributed by atoms with van der Waals surface area (Å²) in [6, 6.07) is 2.73. The highest BCUT2D eigenvalue weighted by Crippen LogP contribution is 2.25. The number of hydrogen-bond acceptors (Lipinski definition) is 5. The molecule has 0 fully saturated rings. The second-order valence-corrected chi connectivity index (χ2v) is 7.79. The van der Waals surface area contributed by atoms with Crippen LogP contribution in [0.1, 0.15) is 49.9 Å². The lowest BCUT2D eigenvalue weighted by Crippen LogP contribution is -2.39. The smallest absolute Gasteiger partial charge is 0.340 e. The Morgan fingerprint density at radius 2 is 1.79 bits per heavy atom. The monoisotopic (exact) mass is 472 g/mol. The van der Waals surface area contributed by atoms with Crippen LogP contribution in [0, 0.1) is 5.82 Å². The molecule has 0 bridgehead atoms. The van der Waals surface area contributed by atoms with Gasteiger partial charge in [-0.25, -0.2) is 22.9 Å². The van der Waals surface area contributed by atoms with Gasteiger partial charge in [0.15, 0.2) is 11.4 Å². The van der Waals surface area contributed by atoms with E-state index in [2.05, 4.69) is 15.9 Å². The van der Waals surface area contributed by atoms with Crippen LogP contribution < -0.4 is 11.2 Å². The van der Waals surface area contributed by atoms with Crippen LogP contribution in [-0.2, 0) is 16.6 Å². The van der Waals surface area contributed by atoms with Gasteiger partial charge < -0.3 is 4.74 Å². The molecule has 0 aliphatic heterocycles. The molecule has 2 rings (SSSR count). The van der Waals surface area contributed by atoms with E-state index < -0.39 is 46.3 Å².